The van der Waals surface area contributed by atoms with E-state index in [2.05, 4.69) is 119 Å². The van der Waals surface area contributed by atoms with Gasteiger partial charge in [0.15, 0.2) is 0 Å². The molecule has 0 aliphatic heterocycles. The SMILES string of the molecule is CC(C)C1C=C(C(C)(C)C)C=[C]1[Zr+2](=[C](c1cccc(C(F)(F)F)c1)c1cccc(C(F)(F)F)c1)[c]1c(C(C)(C)C)ccc2c1Cc1cc(C(C)(C)C)ccc1-2.[Cl-].[Cl-]. The molecule has 0 amide bonds. The second-order valence-corrected chi connectivity index (χ2v) is 24.4. The molecule has 2 aliphatic carbocycles. The van der Waals surface area contributed by atoms with E-state index in [9.17, 15) is 26.3 Å². The summed E-state index contributed by atoms with van der Waals surface area (Å²) in [5, 5.41) is 0. The van der Waals surface area contributed by atoms with Gasteiger partial charge in [-0.3, -0.25) is 0 Å². The van der Waals surface area contributed by atoms with Crippen molar-refractivity contribution in [2.45, 2.75) is 106 Å². The Hall–Kier alpha value is -2.73. The van der Waals surface area contributed by atoms with Gasteiger partial charge in [-0.2, -0.15) is 0 Å². The quantitative estimate of drug-likeness (QED) is 0.160. The summed E-state index contributed by atoms with van der Waals surface area (Å²) in [5.74, 6) is 0.113. The number of benzene rings is 4. The molecule has 0 N–H and O–H groups in total. The van der Waals surface area contributed by atoms with E-state index in [4.69, 9.17) is 0 Å². The zero-order valence-corrected chi connectivity index (χ0v) is 38.5. The molecule has 0 saturated heterocycles. The van der Waals surface area contributed by atoms with E-state index in [1.54, 1.807) is 12.1 Å². The molecule has 0 fully saturated rings. The Labute approximate surface area is 355 Å². The third-order valence-electron chi connectivity index (χ3n) is 11.1. The Kier molecular flexibility index (Phi) is 13.5. The minimum Gasteiger partial charge on any atom is -1.00 e. The van der Waals surface area contributed by atoms with Crippen LogP contribution in [0.5, 0.6) is 0 Å². The van der Waals surface area contributed by atoms with Crippen molar-refractivity contribution < 1.29 is 72.4 Å². The number of alkyl halides is 6. The van der Waals surface area contributed by atoms with Gasteiger partial charge in [-0.15, -0.1) is 0 Å². The van der Waals surface area contributed by atoms with Gasteiger partial charge in [0.25, 0.3) is 0 Å². The molecule has 0 bridgehead atoms. The van der Waals surface area contributed by atoms with E-state index < -0.39 is 44.7 Å². The summed E-state index contributed by atoms with van der Waals surface area (Å²) in [6.45, 7) is 23.9. The molecular weight excluding hydrogens is 853 g/mol. The van der Waals surface area contributed by atoms with E-state index in [1.165, 1.54) is 38.7 Å². The van der Waals surface area contributed by atoms with Gasteiger partial charge in [0.1, 0.15) is 0 Å². The topological polar surface area (TPSA) is 0 Å². The van der Waals surface area contributed by atoms with Gasteiger partial charge >= 0.3 is 333 Å². The van der Waals surface area contributed by atoms with Crippen molar-refractivity contribution in [1.82, 2.24) is 0 Å². The minimum absolute atomic E-state index is 0. The molecule has 304 valence electrons. The molecule has 0 aromatic heterocycles. The van der Waals surface area contributed by atoms with Crippen molar-refractivity contribution in [3.05, 3.63) is 144 Å². The molecule has 6 rings (SSSR count). The largest absolute Gasteiger partial charge is 1.00 e. The van der Waals surface area contributed by atoms with Crippen LogP contribution < -0.4 is 28.1 Å². The Morgan fingerprint density at radius 1 is 0.614 bits per heavy atom. The Bertz CT molecular complexity index is 2190. The van der Waals surface area contributed by atoms with E-state index in [1.807, 2.05) is 0 Å². The predicted molar refractivity (Wildman–Crippen MR) is 212 cm³/mol. The number of hydrogen-bond acceptors (Lipinski definition) is 0. The van der Waals surface area contributed by atoms with Gasteiger partial charge < -0.3 is 24.8 Å². The molecule has 4 aromatic rings. The normalized spacial score (nSPS) is 15.5. The maximum Gasteiger partial charge on any atom is -1.00 e. The van der Waals surface area contributed by atoms with Crippen LogP contribution in [-0.2, 0) is 50.9 Å². The Morgan fingerprint density at radius 2 is 1.14 bits per heavy atom. The molecule has 4 aromatic carbocycles. The van der Waals surface area contributed by atoms with Gasteiger partial charge in [0.05, 0.1) is 0 Å². The van der Waals surface area contributed by atoms with E-state index in [0.29, 0.717) is 20.8 Å². The number of rotatable bonds is 5. The third kappa shape index (κ3) is 9.52. The summed E-state index contributed by atoms with van der Waals surface area (Å²) < 4.78 is 90.2. The first-order valence-corrected chi connectivity index (χ1v) is 22.8. The van der Waals surface area contributed by atoms with Crippen LogP contribution >= 0.6 is 0 Å². The molecule has 0 radical (unpaired) electrons. The van der Waals surface area contributed by atoms with E-state index in [0.717, 1.165) is 43.2 Å². The van der Waals surface area contributed by atoms with Crippen LogP contribution in [0.1, 0.15) is 121 Å². The van der Waals surface area contributed by atoms with Gasteiger partial charge in [-0.25, -0.2) is 0 Å². The van der Waals surface area contributed by atoms with E-state index >= 15 is 0 Å². The van der Waals surface area contributed by atoms with Crippen LogP contribution in [0.3, 0.4) is 0 Å². The fourth-order valence-corrected chi connectivity index (χ4v) is 18.0. The monoisotopic (exact) mass is 902 g/mol. The summed E-state index contributed by atoms with van der Waals surface area (Å²) >= 11 is -3.90. The van der Waals surface area contributed by atoms with Gasteiger partial charge in [-0.05, 0) is 0 Å². The second kappa shape index (κ2) is 16.4. The summed E-state index contributed by atoms with van der Waals surface area (Å²) in [5.41, 5.74) is 6.43. The third-order valence-corrected chi connectivity index (χ3v) is 19.0. The number of halogens is 8. The average Bonchev–Trinajstić information content (AvgIpc) is 3.68. The molecule has 0 saturated carbocycles. The minimum atomic E-state index is -4.64. The maximum atomic E-state index is 14.5. The molecule has 0 spiro atoms. The molecule has 1 unspecified atom stereocenters. The molecule has 9 heteroatoms. The van der Waals surface area contributed by atoms with Crippen LogP contribution in [0.15, 0.2) is 99.9 Å². The fraction of sp³-hybridized carbons (Fsp3) is 0.396. The van der Waals surface area contributed by atoms with Crippen molar-refractivity contribution in [3.63, 3.8) is 0 Å². The van der Waals surface area contributed by atoms with Gasteiger partial charge in [0.2, 0.25) is 0 Å². The van der Waals surface area contributed by atoms with Crippen LogP contribution in [0.4, 0.5) is 26.3 Å². The first-order chi connectivity index (χ1) is 25.3. The fourth-order valence-electron chi connectivity index (χ4n) is 8.08. The summed E-state index contributed by atoms with van der Waals surface area (Å²) in [4.78, 5) is 0. The van der Waals surface area contributed by atoms with Crippen molar-refractivity contribution in [3.8, 4) is 11.1 Å². The maximum absolute atomic E-state index is 14.5. The van der Waals surface area contributed by atoms with Crippen LogP contribution in [0.25, 0.3) is 11.1 Å². The predicted octanol–water partition coefficient (Wildman–Crippen LogP) is 7.55. The number of hydrogen-bond donors (Lipinski definition) is 0. The Balaban J connectivity index is 0.00000360. The van der Waals surface area contributed by atoms with Crippen LogP contribution in [0.2, 0.25) is 0 Å². The molecule has 0 heterocycles. The zero-order chi connectivity index (χ0) is 40.6. The second-order valence-electron chi connectivity index (χ2n) is 18.7. The summed E-state index contributed by atoms with van der Waals surface area (Å²) in [6.07, 6.45) is -4.02. The molecule has 1 atom stereocenters. The van der Waals surface area contributed by atoms with Gasteiger partial charge in [0, 0.05) is 0 Å². The number of allylic oxidation sites excluding steroid dienone is 4. The van der Waals surface area contributed by atoms with Crippen molar-refractivity contribution in [1.29, 1.82) is 0 Å². The van der Waals surface area contributed by atoms with Crippen molar-refractivity contribution >= 4 is 6.48 Å². The van der Waals surface area contributed by atoms with E-state index in [-0.39, 0.29) is 52.9 Å². The first kappa shape index (κ1) is 47.0. The average molecular weight is 905 g/mol. The molecule has 57 heavy (non-hydrogen) atoms. The number of fused-ring (bicyclic) bond motifs is 3. The van der Waals surface area contributed by atoms with Crippen molar-refractivity contribution in [2.24, 2.45) is 17.3 Å². The summed E-state index contributed by atoms with van der Waals surface area (Å²) in [6, 6.07) is 21.6. The first-order valence-electron chi connectivity index (χ1n) is 19.1. The zero-order valence-electron chi connectivity index (χ0n) is 34.5. The smallest absolute Gasteiger partial charge is 1.00 e. The molecule has 0 nitrogen and oxygen atoms in total. The standard InChI is InChI=1S/C21H25.C15H8F6.C12H19.2ClH.Zr/c1-20(2,3)16-7-9-18-14(12-16)11-15-13-17(21(4,5)6)8-10-19(15)18;16-14(17,18)12-5-1-3-10(8-12)7-11-4-2-6-13(9-11)15(19,20)21;1-9(2)10-6-7-11(8-10)12(3,4)5;;;/h7-10,12H,11H2,1-6H3;1-6,8-9H;7-10H,1-5H3;2*1H;/q;;;;;+2/p-2. The van der Waals surface area contributed by atoms with Crippen LogP contribution in [-0.4, -0.2) is 3.21 Å². The molecular formula is C48H52Cl2F6Zr. The van der Waals surface area contributed by atoms with Crippen molar-refractivity contribution in [2.75, 3.05) is 0 Å². The molecule has 2 aliphatic rings. The summed E-state index contributed by atoms with van der Waals surface area (Å²) in [7, 11) is 0. The Morgan fingerprint density at radius 3 is 1.60 bits per heavy atom. The van der Waals surface area contributed by atoms with Crippen LogP contribution in [0, 0.1) is 17.3 Å². The van der Waals surface area contributed by atoms with Gasteiger partial charge in [-0.1, -0.05) is 0 Å².